The summed E-state index contributed by atoms with van der Waals surface area (Å²) in [6.07, 6.45) is 2.83. The number of nitrogens with one attached hydrogen (secondary N) is 2. The summed E-state index contributed by atoms with van der Waals surface area (Å²) in [6, 6.07) is 23.2. The van der Waals surface area contributed by atoms with Crippen LogP contribution >= 0.6 is 23.5 Å². The lowest BCUT2D eigenvalue weighted by molar-refractivity contribution is 0.443. The maximum Gasteiger partial charge on any atom is 0.279 e. The number of hydrazone groups is 2. The molecule has 0 saturated carbocycles. The summed E-state index contributed by atoms with van der Waals surface area (Å²) in [7, 11) is -9.76. The van der Waals surface area contributed by atoms with Gasteiger partial charge in [0.15, 0.2) is 9.49 Å². The molecule has 50 heavy (non-hydrogen) atoms. The van der Waals surface area contributed by atoms with E-state index in [0.717, 1.165) is 0 Å². The van der Waals surface area contributed by atoms with Crippen LogP contribution in [0, 0.1) is 10.8 Å². The minimum atomic E-state index is -4.88. The Morgan fingerprint density at radius 3 is 1.30 bits per heavy atom. The van der Waals surface area contributed by atoms with Gasteiger partial charge in [-0.05, 0) is 58.0 Å². The van der Waals surface area contributed by atoms with E-state index >= 15 is 0 Å². The van der Waals surface area contributed by atoms with Gasteiger partial charge in [-0.15, -0.1) is 23.5 Å². The van der Waals surface area contributed by atoms with Crippen LogP contribution in [0.3, 0.4) is 0 Å². The molecule has 0 aliphatic heterocycles. The van der Waals surface area contributed by atoms with Crippen LogP contribution in [-0.4, -0.2) is 61.3 Å². The van der Waals surface area contributed by atoms with Crippen molar-refractivity contribution in [3.05, 3.63) is 118 Å². The fraction of sp³-hybridized carbons (Fsp3) is 0.176. The van der Waals surface area contributed by atoms with Crippen molar-refractivity contribution in [1.29, 1.82) is 10.8 Å². The molecule has 258 valence electrons. The Morgan fingerprint density at radius 1 is 0.620 bits per heavy atom. The van der Waals surface area contributed by atoms with Gasteiger partial charge >= 0.3 is 0 Å². The van der Waals surface area contributed by atoms with Crippen LogP contribution in [-0.2, 0) is 29.7 Å². The van der Waals surface area contributed by atoms with Gasteiger partial charge in [-0.2, -0.15) is 27.0 Å². The number of nitrogens with two attached hydrogens (primary N) is 2. The monoisotopic (exact) mass is 748 g/mol. The van der Waals surface area contributed by atoms with Crippen molar-refractivity contribution in [2.45, 2.75) is 32.1 Å². The minimum Gasteiger partial charge on any atom is -0.323 e. The highest BCUT2D eigenvalue weighted by atomic mass is 32.2. The molecule has 0 heterocycles. The molecule has 2 aliphatic rings. The fourth-order valence-corrected chi connectivity index (χ4v) is 11.1. The highest BCUT2D eigenvalue weighted by Gasteiger charge is 2.54. The van der Waals surface area contributed by atoms with Crippen molar-refractivity contribution in [2.24, 2.45) is 21.9 Å². The average molecular weight is 749 g/mol. The molecule has 2 unspecified atom stereocenters. The second kappa shape index (κ2) is 12.8. The second-order valence-electron chi connectivity index (χ2n) is 11.8. The zero-order valence-corrected chi connectivity index (χ0v) is 30.0. The molecule has 0 bridgehead atoms. The summed E-state index contributed by atoms with van der Waals surface area (Å²) < 4.78 is 71.7. The van der Waals surface area contributed by atoms with Gasteiger partial charge in [0.25, 0.3) is 20.2 Å². The number of rotatable bonds is 7. The zero-order chi connectivity index (χ0) is 36.2. The van der Waals surface area contributed by atoms with Gasteiger partial charge < -0.3 is 11.7 Å². The van der Waals surface area contributed by atoms with Crippen molar-refractivity contribution >= 4 is 66.6 Å². The number of thioether (sulfide) groups is 2. The molecule has 0 amide bonds. The Balaban J connectivity index is 1.55. The van der Waals surface area contributed by atoms with Crippen LogP contribution in [0.1, 0.15) is 46.2 Å². The predicted octanol–water partition coefficient (Wildman–Crippen LogP) is 5.23. The van der Waals surface area contributed by atoms with E-state index in [0.29, 0.717) is 20.9 Å². The Labute approximate surface area is 298 Å². The first-order chi connectivity index (χ1) is 23.7. The summed E-state index contributed by atoms with van der Waals surface area (Å²) >= 11 is 2.54. The van der Waals surface area contributed by atoms with E-state index in [-0.39, 0.29) is 69.1 Å². The molecule has 0 fully saturated rings. The Kier molecular flexibility index (Phi) is 9.07. The number of fused-ring (bicyclic) bond motifs is 2. The molecular weight excluding hydrogens is 717 g/mol. The highest BCUT2D eigenvalue weighted by molar-refractivity contribution is 7.99. The van der Waals surface area contributed by atoms with Crippen LogP contribution < -0.4 is 11.7 Å². The van der Waals surface area contributed by atoms with Crippen molar-refractivity contribution in [1.82, 2.24) is 0 Å². The fourth-order valence-electron chi connectivity index (χ4n) is 7.10. The molecule has 8 N–H and O–H groups in total. The Hall–Kier alpha value is -4.32. The van der Waals surface area contributed by atoms with E-state index in [1.54, 1.807) is 97.4 Å². The predicted molar refractivity (Wildman–Crippen MR) is 199 cm³/mol. The third-order valence-electron chi connectivity index (χ3n) is 9.47. The SMILES string of the molecule is CSc1cc(-c2ccc(C3(S(=O)(=O)O)C/C(=N\N)C(=N)c4ccccc43)c(SC)c2)ccc1C1(S(=O)(=O)O)C/C(=N/N)C(=N)c2ccccc21. The summed E-state index contributed by atoms with van der Waals surface area (Å²) in [5.74, 6) is 11.3. The Bertz CT molecular complexity index is 2230. The van der Waals surface area contributed by atoms with E-state index in [1.807, 2.05) is 0 Å². The van der Waals surface area contributed by atoms with E-state index in [4.69, 9.17) is 22.5 Å². The third-order valence-corrected chi connectivity index (χ3v) is 14.0. The maximum absolute atomic E-state index is 13.5. The average Bonchev–Trinajstić information content (AvgIpc) is 3.11. The van der Waals surface area contributed by atoms with E-state index < -0.39 is 29.7 Å². The third kappa shape index (κ3) is 5.20. The van der Waals surface area contributed by atoms with Crippen molar-refractivity contribution in [3.63, 3.8) is 0 Å². The molecule has 4 aromatic rings. The molecule has 2 aliphatic carbocycles. The van der Waals surface area contributed by atoms with Gasteiger partial charge in [0.1, 0.15) is 0 Å². The largest absolute Gasteiger partial charge is 0.323 e. The smallest absolute Gasteiger partial charge is 0.279 e. The lowest BCUT2D eigenvalue weighted by Gasteiger charge is -2.38. The van der Waals surface area contributed by atoms with Crippen LogP contribution in [0.4, 0.5) is 0 Å². The molecule has 0 spiro atoms. The number of hydrogen-bond donors (Lipinski definition) is 6. The quantitative estimate of drug-likeness (QED) is 0.0623. The normalized spacial score (nSPS) is 22.4. The molecule has 2 atom stereocenters. The summed E-state index contributed by atoms with van der Waals surface area (Å²) in [5.41, 5.74) is 2.88. The number of nitrogens with zero attached hydrogens (tertiary/aromatic N) is 2. The van der Waals surface area contributed by atoms with Gasteiger partial charge in [0.2, 0.25) is 0 Å². The lowest BCUT2D eigenvalue weighted by atomic mass is 9.75. The molecule has 12 nitrogen and oxygen atoms in total. The van der Waals surface area contributed by atoms with Gasteiger partial charge in [-0.3, -0.25) is 19.9 Å². The first-order valence-electron chi connectivity index (χ1n) is 14.9. The van der Waals surface area contributed by atoms with Crippen LogP contribution in [0.5, 0.6) is 0 Å². The van der Waals surface area contributed by atoms with Crippen LogP contribution in [0.25, 0.3) is 11.1 Å². The standard InChI is InChI=1S/C34H32N6O6S4/c1-47-29-15-19(11-13-25(29)33(49(41,42)43)17-27(39-37)31(35)21-7-3-5-9-23(21)33)20-12-14-26(30(16-20)48-2)34(50(44,45)46)18-28(40-38)32(36)22-8-4-6-10-24(22)34/h3-16,35-36H,17-18,37-38H2,1-2H3,(H,41,42,43)(H,44,45,46)/b35-31?,36-32?,39-27-,40-28+. The summed E-state index contributed by atoms with van der Waals surface area (Å²) in [5, 5.41) is 24.6. The van der Waals surface area contributed by atoms with Crippen molar-refractivity contribution in [2.75, 3.05) is 12.5 Å². The van der Waals surface area contributed by atoms with Crippen molar-refractivity contribution in [3.8, 4) is 11.1 Å². The molecule has 6 rings (SSSR count). The summed E-state index contributed by atoms with van der Waals surface area (Å²) in [4.78, 5) is 1.04. The molecule has 4 aromatic carbocycles. The molecule has 16 heteroatoms. The number of benzene rings is 4. The van der Waals surface area contributed by atoms with Gasteiger partial charge in [0, 0.05) is 33.8 Å². The zero-order valence-electron chi connectivity index (χ0n) is 26.7. The van der Waals surface area contributed by atoms with Crippen LogP contribution in [0.15, 0.2) is 105 Å². The number of hydrogen-bond acceptors (Lipinski definition) is 12. The molecule has 0 aromatic heterocycles. The topological polar surface area (TPSA) is 233 Å². The van der Waals surface area contributed by atoms with Crippen LogP contribution in [0.2, 0.25) is 0 Å². The van der Waals surface area contributed by atoms with E-state index in [2.05, 4.69) is 10.2 Å². The van der Waals surface area contributed by atoms with Gasteiger partial charge in [0.05, 0.1) is 22.8 Å². The van der Waals surface area contributed by atoms with Gasteiger partial charge in [-0.1, -0.05) is 72.8 Å². The highest BCUT2D eigenvalue weighted by Crippen LogP contribution is 2.51. The molecule has 0 radical (unpaired) electrons. The van der Waals surface area contributed by atoms with Gasteiger partial charge in [-0.25, -0.2) is 0 Å². The second-order valence-corrected chi connectivity index (χ2v) is 16.8. The van der Waals surface area contributed by atoms with Crippen molar-refractivity contribution < 1.29 is 25.9 Å². The minimum absolute atomic E-state index is 0.0210. The molecule has 0 saturated heterocycles. The maximum atomic E-state index is 13.5. The lowest BCUT2D eigenvalue weighted by Crippen LogP contribution is -2.46. The molecular formula is C34H32N6O6S4. The van der Waals surface area contributed by atoms with E-state index in [1.165, 1.54) is 23.5 Å². The first-order valence-corrected chi connectivity index (χ1v) is 20.3. The summed E-state index contributed by atoms with van der Waals surface area (Å²) in [6.45, 7) is 0. The first kappa shape index (κ1) is 35.5. The van der Waals surface area contributed by atoms with E-state index in [9.17, 15) is 25.9 Å². The Morgan fingerprint density at radius 2 is 0.980 bits per heavy atom.